The Hall–Kier alpha value is -4.12. The van der Waals surface area contributed by atoms with Gasteiger partial charge in [0, 0.05) is 39.3 Å². The molecule has 0 saturated carbocycles. The third-order valence-corrected chi connectivity index (χ3v) is 5.20. The van der Waals surface area contributed by atoms with Crippen molar-refractivity contribution in [1.29, 1.82) is 0 Å². The Balaban J connectivity index is 1.43. The van der Waals surface area contributed by atoms with Gasteiger partial charge in [-0.1, -0.05) is 30.3 Å². The highest BCUT2D eigenvalue weighted by Gasteiger charge is 2.11. The molecule has 5 rings (SSSR count). The molecule has 2 N–H and O–H groups in total. The molecule has 5 heteroatoms. The van der Waals surface area contributed by atoms with Crippen molar-refractivity contribution in [3.05, 3.63) is 90.6 Å². The minimum absolute atomic E-state index is 0.166. The van der Waals surface area contributed by atoms with Crippen molar-refractivity contribution < 1.29 is 9.53 Å². The summed E-state index contributed by atoms with van der Waals surface area (Å²) in [6.45, 7) is 0. The minimum atomic E-state index is -0.166. The average Bonchev–Trinajstić information content (AvgIpc) is 3.18. The van der Waals surface area contributed by atoms with E-state index in [1.165, 1.54) is 5.39 Å². The Morgan fingerprint density at radius 3 is 2.43 bits per heavy atom. The summed E-state index contributed by atoms with van der Waals surface area (Å²) in [5.74, 6) is 0.552. The van der Waals surface area contributed by atoms with E-state index in [1.807, 2.05) is 48.7 Å². The van der Waals surface area contributed by atoms with Crippen molar-refractivity contribution in [2.45, 2.75) is 0 Å². The maximum Gasteiger partial charge on any atom is 0.255 e. The second kappa shape index (κ2) is 7.37. The minimum Gasteiger partial charge on any atom is -0.497 e. The van der Waals surface area contributed by atoms with Gasteiger partial charge in [-0.05, 0) is 48.5 Å². The van der Waals surface area contributed by atoms with Crippen molar-refractivity contribution in [1.82, 2.24) is 9.97 Å². The van der Waals surface area contributed by atoms with Gasteiger partial charge in [-0.25, -0.2) is 0 Å². The number of H-pyrrole nitrogens is 1. The number of carbonyl (C=O) groups is 1. The Bertz CT molecular complexity index is 1350. The summed E-state index contributed by atoms with van der Waals surface area (Å²) < 4.78 is 5.13. The van der Waals surface area contributed by atoms with Gasteiger partial charge >= 0.3 is 0 Å². The second-order valence-electron chi connectivity index (χ2n) is 7.01. The Labute approximate surface area is 173 Å². The highest BCUT2D eigenvalue weighted by molar-refractivity contribution is 6.11. The molecule has 3 aromatic carbocycles. The maximum absolute atomic E-state index is 12.5. The molecule has 0 spiro atoms. The van der Waals surface area contributed by atoms with Crippen molar-refractivity contribution in [3.63, 3.8) is 0 Å². The number of nitrogens with zero attached hydrogens (tertiary/aromatic N) is 1. The molecule has 0 aliphatic heterocycles. The lowest BCUT2D eigenvalue weighted by Gasteiger charge is -2.08. The lowest BCUT2D eigenvalue weighted by Crippen LogP contribution is -2.11. The summed E-state index contributed by atoms with van der Waals surface area (Å²) in [6.07, 6.45) is 1.83. The summed E-state index contributed by atoms with van der Waals surface area (Å²) in [4.78, 5) is 20.6. The van der Waals surface area contributed by atoms with Crippen molar-refractivity contribution in [2.24, 2.45) is 0 Å². The Morgan fingerprint density at radius 1 is 0.900 bits per heavy atom. The third-order valence-electron chi connectivity index (χ3n) is 5.20. The smallest absolute Gasteiger partial charge is 0.255 e. The fourth-order valence-corrected chi connectivity index (χ4v) is 3.65. The molecule has 0 aliphatic carbocycles. The predicted octanol–water partition coefficient (Wildman–Crippen LogP) is 5.64. The average molecular weight is 393 g/mol. The highest BCUT2D eigenvalue weighted by Crippen LogP contribution is 2.31. The first-order valence-electron chi connectivity index (χ1n) is 9.64. The Morgan fingerprint density at radius 2 is 1.67 bits per heavy atom. The zero-order valence-electron chi connectivity index (χ0n) is 16.3. The Kier molecular flexibility index (Phi) is 4.41. The van der Waals surface area contributed by atoms with Gasteiger partial charge in [0.05, 0.1) is 18.3 Å². The molecule has 5 aromatic rings. The van der Waals surface area contributed by atoms with Crippen molar-refractivity contribution in [3.8, 4) is 17.0 Å². The summed E-state index contributed by atoms with van der Waals surface area (Å²) in [7, 11) is 1.60. The number of pyridine rings is 1. The number of hydrogen-bond acceptors (Lipinski definition) is 3. The number of carbonyl (C=O) groups excluding carboxylic acids is 1. The van der Waals surface area contributed by atoms with Crippen LogP contribution >= 0.6 is 0 Å². The summed E-state index contributed by atoms with van der Waals surface area (Å²) in [5.41, 5.74) is 5.26. The standard InChI is InChI=1S/C25H19N3O2/c1-30-19-12-8-17(9-13-19)25(29)27-18-10-6-16(7-11-18)23-24-21(14-15-26-23)20-4-2-3-5-22(20)28-24/h2-15,28H,1H3,(H,27,29). The summed E-state index contributed by atoms with van der Waals surface area (Å²) in [6, 6.07) is 25.0. The predicted molar refractivity (Wildman–Crippen MR) is 120 cm³/mol. The van der Waals surface area contributed by atoms with Gasteiger partial charge in [0.2, 0.25) is 0 Å². The van der Waals surface area contributed by atoms with Crippen molar-refractivity contribution in [2.75, 3.05) is 12.4 Å². The molecule has 1 amide bonds. The maximum atomic E-state index is 12.5. The zero-order valence-corrected chi connectivity index (χ0v) is 16.3. The highest BCUT2D eigenvalue weighted by atomic mass is 16.5. The molecule has 0 radical (unpaired) electrons. The quantitative estimate of drug-likeness (QED) is 0.415. The molecular weight excluding hydrogens is 374 g/mol. The van der Waals surface area contributed by atoms with Crippen LogP contribution in [-0.2, 0) is 0 Å². The first-order valence-corrected chi connectivity index (χ1v) is 9.64. The first-order chi connectivity index (χ1) is 14.7. The molecule has 2 aromatic heterocycles. The van der Waals surface area contributed by atoms with Gasteiger partial charge in [-0.2, -0.15) is 0 Å². The van der Waals surface area contributed by atoms with Crippen LogP contribution in [-0.4, -0.2) is 23.0 Å². The van der Waals surface area contributed by atoms with Crippen LogP contribution in [0.4, 0.5) is 5.69 Å². The number of hydrogen-bond donors (Lipinski definition) is 2. The van der Waals surface area contributed by atoms with Crippen molar-refractivity contribution >= 4 is 33.4 Å². The molecule has 0 atom stereocenters. The number of amides is 1. The lowest BCUT2D eigenvalue weighted by molar-refractivity contribution is 0.102. The molecule has 0 unspecified atom stereocenters. The number of ether oxygens (including phenoxy) is 1. The number of aromatic amines is 1. The van der Waals surface area contributed by atoms with Gasteiger partial charge in [0.25, 0.3) is 5.91 Å². The van der Waals surface area contributed by atoms with Gasteiger partial charge in [0.15, 0.2) is 0 Å². The molecule has 0 saturated heterocycles. The SMILES string of the molecule is COc1ccc(C(=O)Nc2ccc(-c3nccc4c3[nH]c3ccccc34)cc2)cc1. The second-order valence-corrected chi connectivity index (χ2v) is 7.01. The molecule has 0 aliphatic rings. The largest absolute Gasteiger partial charge is 0.497 e. The van der Waals surface area contributed by atoms with E-state index in [0.29, 0.717) is 5.56 Å². The van der Waals surface area contributed by atoms with E-state index >= 15 is 0 Å². The van der Waals surface area contributed by atoms with Gasteiger partial charge in [0.1, 0.15) is 5.75 Å². The summed E-state index contributed by atoms with van der Waals surface area (Å²) >= 11 is 0. The van der Waals surface area contributed by atoms with Crippen LogP contribution < -0.4 is 10.1 Å². The van der Waals surface area contributed by atoms with E-state index in [9.17, 15) is 4.79 Å². The number of aromatic nitrogens is 2. The van der Waals surface area contributed by atoms with Gasteiger partial charge < -0.3 is 15.0 Å². The third kappa shape index (κ3) is 3.16. The van der Waals surface area contributed by atoms with Crippen LogP contribution in [0.25, 0.3) is 33.1 Å². The summed E-state index contributed by atoms with van der Waals surface area (Å²) in [5, 5.41) is 5.25. The van der Waals surface area contributed by atoms with Gasteiger partial charge in [-0.15, -0.1) is 0 Å². The number of anilines is 1. The number of fused-ring (bicyclic) bond motifs is 3. The number of nitrogens with one attached hydrogen (secondary N) is 2. The first kappa shape index (κ1) is 17.9. The molecular formula is C25H19N3O2. The molecule has 0 fully saturated rings. The molecule has 2 heterocycles. The molecule has 146 valence electrons. The van der Waals surface area contributed by atoms with Gasteiger partial charge in [-0.3, -0.25) is 9.78 Å². The number of rotatable bonds is 4. The van der Waals surface area contributed by atoms with Crippen LogP contribution in [0.1, 0.15) is 10.4 Å². The monoisotopic (exact) mass is 393 g/mol. The van der Waals surface area contributed by atoms with E-state index in [4.69, 9.17) is 4.74 Å². The normalized spacial score (nSPS) is 11.0. The number of methoxy groups -OCH3 is 1. The van der Waals surface area contributed by atoms with Crippen LogP contribution in [0.3, 0.4) is 0 Å². The van der Waals surface area contributed by atoms with E-state index in [2.05, 4.69) is 27.4 Å². The van der Waals surface area contributed by atoms with Crippen LogP contribution in [0, 0.1) is 0 Å². The molecule has 0 bridgehead atoms. The van der Waals surface area contributed by atoms with Crippen LogP contribution in [0.15, 0.2) is 85.1 Å². The van der Waals surface area contributed by atoms with Crippen LogP contribution in [0.5, 0.6) is 5.75 Å². The van der Waals surface area contributed by atoms with E-state index in [1.54, 1.807) is 31.4 Å². The lowest BCUT2D eigenvalue weighted by atomic mass is 10.1. The van der Waals surface area contributed by atoms with E-state index in [-0.39, 0.29) is 5.91 Å². The zero-order chi connectivity index (χ0) is 20.5. The molecule has 5 nitrogen and oxygen atoms in total. The molecule has 30 heavy (non-hydrogen) atoms. The van der Waals surface area contributed by atoms with E-state index in [0.717, 1.165) is 39.1 Å². The fourth-order valence-electron chi connectivity index (χ4n) is 3.65. The topological polar surface area (TPSA) is 67.0 Å². The van der Waals surface area contributed by atoms with Crippen LogP contribution in [0.2, 0.25) is 0 Å². The number of para-hydroxylation sites is 1. The fraction of sp³-hybridized carbons (Fsp3) is 0.0400. The number of benzene rings is 3. The van der Waals surface area contributed by atoms with E-state index < -0.39 is 0 Å².